The molecular weight excluding hydrogens is 390 g/mol. The summed E-state index contributed by atoms with van der Waals surface area (Å²) >= 11 is 0. The fourth-order valence-corrected chi connectivity index (χ4v) is 5.18. The van der Waals surface area contributed by atoms with Crippen LogP contribution in [0.5, 0.6) is 0 Å². The standard InChI is InChI=1S/C18H21N3O4S.ClH/c1-12-8-15(21(22)23)9-18(13(12)2)26(24,25)20-10-16(17(19)11-20)14-6-4-3-5-7-14;/h3-9,16-17H,10-11,19H2,1-2H3;1H/t16-,17+;/m0./s1. The quantitative estimate of drug-likeness (QED) is 0.614. The van der Waals surface area contributed by atoms with Crippen LogP contribution in [-0.4, -0.2) is 36.8 Å². The zero-order valence-electron chi connectivity index (χ0n) is 15.0. The highest BCUT2D eigenvalue weighted by atomic mass is 35.5. The second kappa shape index (κ2) is 7.93. The molecule has 27 heavy (non-hydrogen) atoms. The highest BCUT2D eigenvalue weighted by Crippen LogP contribution is 2.33. The summed E-state index contributed by atoms with van der Waals surface area (Å²) in [7, 11) is -3.87. The fraction of sp³-hybridized carbons (Fsp3) is 0.333. The molecule has 0 aliphatic carbocycles. The Labute approximate surface area is 164 Å². The highest BCUT2D eigenvalue weighted by molar-refractivity contribution is 7.89. The number of halogens is 1. The summed E-state index contributed by atoms with van der Waals surface area (Å²) in [5, 5.41) is 11.1. The molecule has 0 radical (unpaired) electrons. The lowest BCUT2D eigenvalue weighted by Crippen LogP contribution is -2.32. The van der Waals surface area contributed by atoms with Crippen LogP contribution in [0.25, 0.3) is 0 Å². The van der Waals surface area contributed by atoms with E-state index < -0.39 is 14.9 Å². The third kappa shape index (κ3) is 3.98. The Morgan fingerprint density at radius 3 is 2.37 bits per heavy atom. The third-order valence-electron chi connectivity index (χ3n) is 4.99. The van der Waals surface area contributed by atoms with Crippen LogP contribution in [-0.2, 0) is 10.0 Å². The van der Waals surface area contributed by atoms with Crippen molar-refractivity contribution in [3.05, 3.63) is 69.3 Å². The Morgan fingerprint density at radius 2 is 1.78 bits per heavy atom. The van der Waals surface area contributed by atoms with Crippen LogP contribution >= 0.6 is 12.4 Å². The van der Waals surface area contributed by atoms with E-state index in [0.29, 0.717) is 11.1 Å². The van der Waals surface area contributed by atoms with Gasteiger partial charge in [-0.3, -0.25) is 10.1 Å². The van der Waals surface area contributed by atoms with Gasteiger partial charge in [0.2, 0.25) is 10.0 Å². The summed E-state index contributed by atoms with van der Waals surface area (Å²) < 4.78 is 27.6. The maximum absolute atomic E-state index is 13.2. The number of nitrogens with two attached hydrogens (primary N) is 1. The van der Waals surface area contributed by atoms with Gasteiger partial charge in [0.05, 0.1) is 9.82 Å². The molecule has 3 rings (SSSR count). The van der Waals surface area contributed by atoms with Gasteiger partial charge in [0.15, 0.2) is 0 Å². The summed E-state index contributed by atoms with van der Waals surface area (Å²) in [6.07, 6.45) is 0. The van der Waals surface area contributed by atoms with Crippen molar-refractivity contribution in [2.45, 2.75) is 30.7 Å². The first-order valence-electron chi connectivity index (χ1n) is 8.28. The smallest absolute Gasteiger partial charge is 0.271 e. The van der Waals surface area contributed by atoms with Gasteiger partial charge in [-0.2, -0.15) is 4.31 Å². The van der Waals surface area contributed by atoms with E-state index in [1.165, 1.54) is 10.4 Å². The molecule has 2 aromatic rings. The molecule has 1 fully saturated rings. The Morgan fingerprint density at radius 1 is 1.15 bits per heavy atom. The molecule has 0 spiro atoms. The summed E-state index contributed by atoms with van der Waals surface area (Å²) in [6, 6.07) is 11.8. The molecule has 1 aliphatic rings. The second-order valence-electron chi connectivity index (χ2n) is 6.65. The lowest BCUT2D eigenvalue weighted by molar-refractivity contribution is -0.385. The minimum absolute atomic E-state index is 0. The van der Waals surface area contributed by atoms with Crippen LogP contribution < -0.4 is 5.73 Å². The Bertz CT molecular complexity index is 951. The van der Waals surface area contributed by atoms with Crippen molar-refractivity contribution in [1.82, 2.24) is 4.31 Å². The van der Waals surface area contributed by atoms with Crippen molar-refractivity contribution < 1.29 is 13.3 Å². The van der Waals surface area contributed by atoms with Crippen molar-refractivity contribution in [3.8, 4) is 0 Å². The zero-order valence-corrected chi connectivity index (χ0v) is 16.7. The van der Waals surface area contributed by atoms with Crippen LogP contribution in [0.15, 0.2) is 47.4 Å². The maximum Gasteiger partial charge on any atom is 0.271 e. The topological polar surface area (TPSA) is 107 Å². The predicted octanol–water partition coefficient (Wildman–Crippen LogP) is 2.75. The molecular formula is C18H22ClN3O4S. The van der Waals surface area contributed by atoms with Gasteiger partial charge >= 0.3 is 0 Å². The number of nitro benzene ring substituents is 1. The zero-order chi connectivity index (χ0) is 19.1. The summed E-state index contributed by atoms with van der Waals surface area (Å²) in [5.41, 5.74) is 8.06. The minimum atomic E-state index is -3.87. The van der Waals surface area contributed by atoms with Gasteiger partial charge in [-0.1, -0.05) is 30.3 Å². The van der Waals surface area contributed by atoms with Crippen LogP contribution in [0.4, 0.5) is 5.69 Å². The summed E-state index contributed by atoms with van der Waals surface area (Å²) in [4.78, 5) is 10.5. The Balaban J connectivity index is 0.00000261. The summed E-state index contributed by atoms with van der Waals surface area (Å²) in [5.74, 6) is -0.105. The van der Waals surface area contributed by atoms with Crippen molar-refractivity contribution in [3.63, 3.8) is 0 Å². The molecule has 0 unspecified atom stereocenters. The van der Waals surface area contributed by atoms with Gasteiger partial charge in [0.1, 0.15) is 0 Å². The van der Waals surface area contributed by atoms with E-state index in [0.717, 1.165) is 11.6 Å². The fourth-order valence-electron chi connectivity index (χ4n) is 3.36. The monoisotopic (exact) mass is 411 g/mol. The number of rotatable bonds is 4. The number of nitro groups is 1. The number of benzene rings is 2. The lowest BCUT2D eigenvalue weighted by atomic mass is 9.95. The average Bonchev–Trinajstić information content (AvgIpc) is 3.00. The molecule has 2 atom stereocenters. The number of non-ortho nitro benzene ring substituents is 1. The van der Waals surface area contributed by atoms with Gasteiger partial charge in [0.25, 0.3) is 5.69 Å². The molecule has 0 aromatic heterocycles. The van der Waals surface area contributed by atoms with Gasteiger partial charge < -0.3 is 5.73 Å². The number of sulfonamides is 1. The molecule has 1 aliphatic heterocycles. The minimum Gasteiger partial charge on any atom is -0.326 e. The molecule has 7 nitrogen and oxygen atoms in total. The van der Waals surface area contributed by atoms with Crippen molar-refractivity contribution >= 4 is 28.1 Å². The van der Waals surface area contributed by atoms with Crippen molar-refractivity contribution in [2.24, 2.45) is 5.73 Å². The van der Waals surface area contributed by atoms with Crippen LogP contribution in [0.1, 0.15) is 22.6 Å². The SMILES string of the molecule is Cc1cc([N+](=O)[O-])cc(S(=O)(=O)N2C[C@@H](N)[C@H](c3ccccc3)C2)c1C.Cl. The highest BCUT2D eigenvalue weighted by Gasteiger charge is 2.39. The molecule has 0 amide bonds. The molecule has 2 N–H and O–H groups in total. The normalized spacial score (nSPS) is 20.3. The van der Waals surface area contributed by atoms with Crippen molar-refractivity contribution in [2.75, 3.05) is 13.1 Å². The van der Waals surface area contributed by atoms with Gasteiger partial charge in [-0.15, -0.1) is 12.4 Å². The van der Waals surface area contributed by atoms with E-state index in [-0.39, 0.29) is 48.0 Å². The molecule has 0 bridgehead atoms. The van der Waals surface area contributed by atoms with E-state index in [1.54, 1.807) is 13.8 Å². The Hall–Kier alpha value is -2.00. The molecule has 0 saturated carbocycles. The van der Waals surface area contributed by atoms with Gasteiger partial charge in [-0.05, 0) is 30.5 Å². The van der Waals surface area contributed by atoms with E-state index in [1.807, 2.05) is 30.3 Å². The predicted molar refractivity (Wildman–Crippen MR) is 106 cm³/mol. The maximum atomic E-state index is 13.2. The van der Waals surface area contributed by atoms with Crippen LogP contribution in [0.3, 0.4) is 0 Å². The first-order chi connectivity index (χ1) is 12.2. The first-order valence-corrected chi connectivity index (χ1v) is 9.72. The largest absolute Gasteiger partial charge is 0.326 e. The molecule has 1 saturated heterocycles. The second-order valence-corrected chi connectivity index (χ2v) is 8.55. The van der Waals surface area contributed by atoms with Gasteiger partial charge in [-0.25, -0.2) is 8.42 Å². The Kier molecular flexibility index (Phi) is 6.26. The molecule has 2 aromatic carbocycles. The molecule has 9 heteroatoms. The van der Waals surface area contributed by atoms with E-state index >= 15 is 0 Å². The molecule has 1 heterocycles. The van der Waals surface area contributed by atoms with E-state index in [9.17, 15) is 18.5 Å². The number of nitrogens with zero attached hydrogens (tertiary/aromatic N) is 2. The van der Waals surface area contributed by atoms with E-state index in [4.69, 9.17) is 5.73 Å². The number of aryl methyl sites for hydroxylation is 1. The summed E-state index contributed by atoms with van der Waals surface area (Å²) in [6.45, 7) is 3.78. The lowest BCUT2D eigenvalue weighted by Gasteiger charge is -2.18. The number of hydrogen-bond donors (Lipinski definition) is 1. The van der Waals surface area contributed by atoms with Crippen LogP contribution in [0, 0.1) is 24.0 Å². The van der Waals surface area contributed by atoms with E-state index in [2.05, 4.69) is 0 Å². The van der Waals surface area contributed by atoms with Gasteiger partial charge in [0, 0.05) is 37.2 Å². The third-order valence-corrected chi connectivity index (χ3v) is 6.95. The molecule has 146 valence electrons. The van der Waals surface area contributed by atoms with Crippen LogP contribution in [0.2, 0.25) is 0 Å². The first kappa shape index (κ1) is 21.3. The number of hydrogen-bond acceptors (Lipinski definition) is 5. The van der Waals surface area contributed by atoms with Crippen molar-refractivity contribution in [1.29, 1.82) is 0 Å². The average molecular weight is 412 g/mol.